The van der Waals surface area contributed by atoms with Crippen molar-refractivity contribution in [1.82, 2.24) is 0 Å². The van der Waals surface area contributed by atoms with Gasteiger partial charge in [0.25, 0.3) is 0 Å². The zero-order valence-corrected chi connectivity index (χ0v) is 7.10. The first-order valence-electron chi connectivity index (χ1n) is 0.775. The quantitative estimate of drug-likeness (QED) is 0.332. The molecule has 0 aromatic carbocycles. The summed E-state index contributed by atoms with van der Waals surface area (Å²) in [7, 11) is -2.17. The smallest absolute Gasteiger partial charge is 0.402 e. The molecule has 3 nitrogen and oxygen atoms in total. The van der Waals surface area contributed by atoms with Crippen molar-refractivity contribution in [1.29, 1.82) is 0 Å². The van der Waals surface area contributed by atoms with Crippen molar-refractivity contribution in [3.63, 3.8) is 0 Å². The number of hydrogen-bond donors (Lipinski definition) is 3. The van der Waals surface area contributed by atoms with Crippen LogP contribution in [0.4, 0.5) is 0 Å². The van der Waals surface area contributed by atoms with Crippen LogP contribution in [0.25, 0.3) is 0 Å². The van der Waals surface area contributed by atoms with Crippen molar-refractivity contribution >= 4 is 71.7 Å². The minimum atomic E-state index is -2.17. The minimum absolute atomic E-state index is 0. The van der Waals surface area contributed by atoms with Gasteiger partial charge in [-0.15, -0.1) is 0 Å². The van der Waals surface area contributed by atoms with Crippen molar-refractivity contribution in [2.45, 2.75) is 0 Å². The van der Waals surface area contributed by atoms with Crippen LogP contribution in [0.5, 0.6) is 0 Å². The predicted octanol–water partition coefficient (Wildman–Crippen LogP) is -2.81. The SMILES string of the molecule is OB(O)O.[Li].[Sr]. The van der Waals surface area contributed by atoms with Crippen LogP contribution in [0.15, 0.2) is 0 Å². The van der Waals surface area contributed by atoms with E-state index in [9.17, 15) is 0 Å². The Hall–Kier alpha value is 2.02. The first kappa shape index (κ1) is 15.7. The Morgan fingerprint density at radius 3 is 1.00 bits per heavy atom. The van der Waals surface area contributed by atoms with E-state index in [0.717, 1.165) is 0 Å². The molecule has 6 heteroatoms. The molecule has 0 aliphatic heterocycles. The summed E-state index contributed by atoms with van der Waals surface area (Å²) in [5.41, 5.74) is 0. The fourth-order valence-corrected chi connectivity index (χ4v) is 0. The van der Waals surface area contributed by atoms with Crippen LogP contribution in [0.2, 0.25) is 0 Å². The van der Waals surface area contributed by atoms with Crippen molar-refractivity contribution in [3.8, 4) is 0 Å². The molecule has 0 saturated carbocycles. The normalized spacial score (nSPS) is 4.50. The first-order valence-corrected chi connectivity index (χ1v) is 0.775. The maximum absolute atomic E-state index is 7.17. The molecule has 0 fully saturated rings. The van der Waals surface area contributed by atoms with Crippen molar-refractivity contribution in [2.75, 3.05) is 0 Å². The van der Waals surface area contributed by atoms with E-state index in [4.69, 9.17) is 15.1 Å². The van der Waals surface area contributed by atoms with Gasteiger partial charge in [-0.1, -0.05) is 0 Å². The van der Waals surface area contributed by atoms with E-state index in [2.05, 4.69) is 0 Å². The van der Waals surface area contributed by atoms with Crippen LogP contribution in [0.3, 0.4) is 0 Å². The third kappa shape index (κ3) is 37.1. The molecule has 3 N–H and O–H groups in total. The summed E-state index contributed by atoms with van der Waals surface area (Å²) in [6, 6.07) is 0. The fraction of sp³-hybridized carbons (Fsp3) is 0. The van der Waals surface area contributed by atoms with Crippen molar-refractivity contribution < 1.29 is 15.1 Å². The van der Waals surface area contributed by atoms with Crippen molar-refractivity contribution in [3.05, 3.63) is 0 Å². The van der Waals surface area contributed by atoms with Gasteiger partial charge >= 0.3 is 7.32 Å². The van der Waals surface area contributed by atoms with Gasteiger partial charge < -0.3 is 15.1 Å². The molecule has 0 aliphatic rings. The Labute approximate surface area is 85.4 Å². The van der Waals surface area contributed by atoms with Gasteiger partial charge in [0.05, 0.1) is 0 Å². The second-order valence-corrected chi connectivity index (χ2v) is 0.346. The van der Waals surface area contributed by atoms with E-state index in [1.807, 2.05) is 0 Å². The third-order valence-corrected chi connectivity index (χ3v) is 0. The number of rotatable bonds is 0. The fourth-order valence-electron chi connectivity index (χ4n) is 0. The molecule has 3 radical (unpaired) electrons. The molecule has 6 heavy (non-hydrogen) atoms. The summed E-state index contributed by atoms with van der Waals surface area (Å²) >= 11 is 0. The zero-order chi connectivity index (χ0) is 3.58. The van der Waals surface area contributed by atoms with Gasteiger partial charge in [-0.25, -0.2) is 0 Å². The van der Waals surface area contributed by atoms with E-state index in [1.54, 1.807) is 0 Å². The average molecular weight is 156 g/mol. The second-order valence-electron chi connectivity index (χ2n) is 0.346. The Morgan fingerprint density at radius 1 is 1.00 bits per heavy atom. The second kappa shape index (κ2) is 10.1. The van der Waals surface area contributed by atoms with Gasteiger partial charge in [0, 0.05) is 64.3 Å². The molecule has 0 atom stereocenters. The molecule has 0 rings (SSSR count). The van der Waals surface area contributed by atoms with Crippen LogP contribution >= 0.6 is 0 Å². The summed E-state index contributed by atoms with van der Waals surface area (Å²) in [4.78, 5) is 0. The van der Waals surface area contributed by atoms with E-state index < -0.39 is 7.32 Å². The molecule has 27 valence electrons. The van der Waals surface area contributed by atoms with Crippen molar-refractivity contribution in [2.24, 2.45) is 0 Å². The third-order valence-electron chi connectivity index (χ3n) is 0. The molecule has 0 aromatic heterocycles. The molecule has 0 bridgehead atoms. The van der Waals surface area contributed by atoms with Crippen LogP contribution < -0.4 is 0 Å². The maximum atomic E-state index is 7.17. The zero-order valence-electron chi connectivity index (χ0n) is 3.63. The van der Waals surface area contributed by atoms with Crippen LogP contribution in [0.1, 0.15) is 0 Å². The molecular formula is H3BLiO3Sr. The van der Waals surface area contributed by atoms with Gasteiger partial charge in [-0.3, -0.25) is 0 Å². The average Bonchev–Trinajstić information content (AvgIpc) is 0.811. The van der Waals surface area contributed by atoms with Crippen LogP contribution in [-0.4, -0.2) is 86.7 Å². The van der Waals surface area contributed by atoms with Crippen LogP contribution in [0, 0.1) is 0 Å². The Morgan fingerprint density at radius 2 is 1.00 bits per heavy atom. The summed E-state index contributed by atoms with van der Waals surface area (Å²) in [5, 5.41) is 21.5. The van der Waals surface area contributed by atoms with Crippen LogP contribution in [-0.2, 0) is 0 Å². The summed E-state index contributed by atoms with van der Waals surface area (Å²) in [5.74, 6) is 0. The van der Waals surface area contributed by atoms with Gasteiger partial charge in [0.1, 0.15) is 0 Å². The Balaban J connectivity index is -0.0000000450. The topological polar surface area (TPSA) is 60.7 Å². The molecule has 0 amide bonds. The minimum Gasteiger partial charge on any atom is -0.402 e. The molecular weight excluding hydrogens is 153 g/mol. The monoisotopic (exact) mass is 157 g/mol. The molecule has 0 aromatic rings. The largest absolute Gasteiger partial charge is 0.631 e. The van der Waals surface area contributed by atoms with E-state index in [-0.39, 0.29) is 64.3 Å². The first-order chi connectivity index (χ1) is 1.73. The van der Waals surface area contributed by atoms with Gasteiger partial charge in [0.15, 0.2) is 0 Å². The van der Waals surface area contributed by atoms with Gasteiger partial charge in [-0.2, -0.15) is 0 Å². The molecule has 0 aliphatic carbocycles. The summed E-state index contributed by atoms with van der Waals surface area (Å²) in [6.45, 7) is 0. The van der Waals surface area contributed by atoms with Gasteiger partial charge in [0.2, 0.25) is 0 Å². The van der Waals surface area contributed by atoms with Gasteiger partial charge in [-0.05, 0) is 0 Å². The number of hydrogen-bond acceptors (Lipinski definition) is 3. The molecule has 0 unspecified atom stereocenters. The molecule has 0 heterocycles. The molecule has 0 spiro atoms. The molecule has 0 saturated heterocycles. The summed E-state index contributed by atoms with van der Waals surface area (Å²) < 4.78 is 0. The standard InChI is InChI=1S/BH3O3.Li.Sr/c2-1(3)4;;/h2-4H;;. The summed E-state index contributed by atoms with van der Waals surface area (Å²) in [6.07, 6.45) is 0. The maximum Gasteiger partial charge on any atom is 0.631 e. The van der Waals surface area contributed by atoms with E-state index >= 15 is 0 Å². The Bertz CT molecular complexity index is 15.5. The van der Waals surface area contributed by atoms with E-state index in [0.29, 0.717) is 0 Å². The predicted molar refractivity (Wildman–Crippen MR) is 23.9 cm³/mol. The van der Waals surface area contributed by atoms with E-state index in [1.165, 1.54) is 0 Å². The Kier molecular flexibility index (Phi) is 26.4.